The van der Waals surface area contributed by atoms with Crippen LogP contribution in [0.25, 0.3) is 0 Å². The summed E-state index contributed by atoms with van der Waals surface area (Å²) in [6.07, 6.45) is 70.3. The standard InChI is InChI=1S/C62H119NO5/c1-3-5-7-9-11-13-15-17-19-21-24-28-32-36-40-44-48-52-56-62(67)68-57-53-49-45-41-37-33-29-25-22-23-27-31-35-39-43-47-51-55-61(66)63-59(58-64)60(65)54-50-46-42-38-34-30-26-20-18-16-14-12-10-8-6-4-2/h13,15,19,21,59-60,64-65H,3-12,14,16-18,20,22-58H2,1-2H3,(H,63,66)/b15-13-,21-19-. The zero-order chi connectivity index (χ0) is 49.3. The lowest BCUT2D eigenvalue weighted by molar-refractivity contribution is -0.143. The number of nitrogens with one attached hydrogen (secondary N) is 1. The van der Waals surface area contributed by atoms with Gasteiger partial charge in [0.15, 0.2) is 0 Å². The normalized spacial score (nSPS) is 12.7. The monoisotopic (exact) mass is 958 g/mol. The molecule has 2 atom stereocenters. The van der Waals surface area contributed by atoms with E-state index >= 15 is 0 Å². The van der Waals surface area contributed by atoms with Gasteiger partial charge in [-0.15, -0.1) is 0 Å². The summed E-state index contributed by atoms with van der Waals surface area (Å²) in [6, 6.07) is -0.546. The molecule has 1 amide bonds. The Balaban J connectivity index is 3.41. The predicted octanol–water partition coefficient (Wildman–Crippen LogP) is 19.0. The minimum atomic E-state index is -0.668. The summed E-state index contributed by atoms with van der Waals surface area (Å²) >= 11 is 0. The molecule has 0 aromatic carbocycles. The van der Waals surface area contributed by atoms with E-state index in [1.54, 1.807) is 0 Å². The van der Waals surface area contributed by atoms with E-state index in [0.717, 1.165) is 51.4 Å². The van der Waals surface area contributed by atoms with E-state index in [0.29, 0.717) is 25.9 Å². The third-order valence-electron chi connectivity index (χ3n) is 14.3. The number of unbranched alkanes of at least 4 members (excludes halogenated alkanes) is 42. The van der Waals surface area contributed by atoms with Gasteiger partial charge in [0.05, 0.1) is 25.4 Å². The number of ether oxygens (including phenoxy) is 1. The van der Waals surface area contributed by atoms with Crippen LogP contribution >= 0.6 is 0 Å². The molecule has 0 rings (SSSR count). The van der Waals surface area contributed by atoms with Crippen molar-refractivity contribution in [3.63, 3.8) is 0 Å². The van der Waals surface area contributed by atoms with Crippen molar-refractivity contribution in [1.82, 2.24) is 5.32 Å². The average Bonchev–Trinajstić information content (AvgIpc) is 3.34. The molecule has 0 radical (unpaired) electrons. The van der Waals surface area contributed by atoms with Crippen molar-refractivity contribution in [3.8, 4) is 0 Å². The maximum Gasteiger partial charge on any atom is 0.305 e. The molecule has 3 N–H and O–H groups in total. The highest BCUT2D eigenvalue weighted by molar-refractivity contribution is 5.76. The molecular weight excluding hydrogens is 839 g/mol. The third kappa shape index (κ3) is 53.7. The Morgan fingerprint density at radius 1 is 0.412 bits per heavy atom. The molecule has 0 aliphatic carbocycles. The fourth-order valence-electron chi connectivity index (χ4n) is 9.55. The summed E-state index contributed by atoms with van der Waals surface area (Å²) in [6.45, 7) is 4.94. The van der Waals surface area contributed by atoms with E-state index in [-0.39, 0.29) is 18.5 Å². The maximum atomic E-state index is 12.5. The van der Waals surface area contributed by atoms with Crippen molar-refractivity contribution >= 4 is 11.9 Å². The summed E-state index contributed by atoms with van der Waals surface area (Å²) in [5.41, 5.74) is 0. The highest BCUT2D eigenvalue weighted by Gasteiger charge is 2.20. The summed E-state index contributed by atoms with van der Waals surface area (Å²) in [5.74, 6) is -0.0397. The second-order valence-electron chi connectivity index (χ2n) is 21.0. The Kier molecular flexibility index (Phi) is 56.5. The fraction of sp³-hybridized carbons (Fsp3) is 0.903. The van der Waals surface area contributed by atoms with Crippen LogP contribution in [-0.2, 0) is 14.3 Å². The van der Waals surface area contributed by atoms with Gasteiger partial charge >= 0.3 is 5.97 Å². The first kappa shape index (κ1) is 66.3. The van der Waals surface area contributed by atoms with Gasteiger partial charge in [-0.2, -0.15) is 0 Å². The zero-order valence-electron chi connectivity index (χ0n) is 45.9. The number of allylic oxidation sites excluding steroid dienone is 4. The van der Waals surface area contributed by atoms with E-state index in [4.69, 9.17) is 4.74 Å². The van der Waals surface area contributed by atoms with E-state index in [1.165, 1.54) is 250 Å². The van der Waals surface area contributed by atoms with Crippen molar-refractivity contribution in [2.45, 2.75) is 347 Å². The number of aliphatic hydroxyl groups excluding tert-OH is 2. The second-order valence-corrected chi connectivity index (χ2v) is 21.0. The van der Waals surface area contributed by atoms with Gasteiger partial charge in [-0.05, 0) is 57.8 Å². The first-order valence-corrected chi connectivity index (χ1v) is 30.6. The number of carbonyl (C=O) groups is 2. The Morgan fingerprint density at radius 2 is 0.735 bits per heavy atom. The molecule has 0 aliphatic rings. The highest BCUT2D eigenvalue weighted by Crippen LogP contribution is 2.18. The van der Waals surface area contributed by atoms with Gasteiger partial charge < -0.3 is 20.3 Å². The molecule has 0 saturated heterocycles. The van der Waals surface area contributed by atoms with E-state index in [9.17, 15) is 19.8 Å². The van der Waals surface area contributed by atoms with Gasteiger partial charge in [0.2, 0.25) is 5.91 Å². The van der Waals surface area contributed by atoms with Crippen LogP contribution in [0.1, 0.15) is 335 Å². The van der Waals surface area contributed by atoms with Crippen LogP contribution < -0.4 is 5.32 Å². The average molecular weight is 959 g/mol. The minimum Gasteiger partial charge on any atom is -0.466 e. The number of amides is 1. The number of esters is 1. The molecule has 0 fully saturated rings. The van der Waals surface area contributed by atoms with Crippen LogP contribution in [0.5, 0.6) is 0 Å². The van der Waals surface area contributed by atoms with Crippen LogP contribution in [0.15, 0.2) is 24.3 Å². The third-order valence-corrected chi connectivity index (χ3v) is 14.3. The van der Waals surface area contributed by atoms with Gasteiger partial charge in [0.1, 0.15) is 0 Å². The van der Waals surface area contributed by atoms with E-state index < -0.39 is 12.1 Å². The topological polar surface area (TPSA) is 95.9 Å². The van der Waals surface area contributed by atoms with Gasteiger partial charge in [-0.1, -0.05) is 289 Å². The minimum absolute atomic E-state index is 0.00137. The van der Waals surface area contributed by atoms with Crippen molar-refractivity contribution in [3.05, 3.63) is 24.3 Å². The number of hydrogen-bond acceptors (Lipinski definition) is 5. The molecule has 2 unspecified atom stereocenters. The lowest BCUT2D eigenvalue weighted by Crippen LogP contribution is -2.45. The molecule has 0 bridgehead atoms. The van der Waals surface area contributed by atoms with Crippen molar-refractivity contribution in [2.24, 2.45) is 0 Å². The van der Waals surface area contributed by atoms with Crippen LogP contribution in [0.2, 0.25) is 0 Å². The molecule has 68 heavy (non-hydrogen) atoms. The molecule has 0 saturated carbocycles. The van der Waals surface area contributed by atoms with Crippen LogP contribution in [0, 0.1) is 0 Å². The van der Waals surface area contributed by atoms with Crippen molar-refractivity contribution in [1.29, 1.82) is 0 Å². The fourth-order valence-corrected chi connectivity index (χ4v) is 9.55. The number of carbonyl (C=O) groups excluding carboxylic acids is 2. The summed E-state index contributed by atoms with van der Waals surface area (Å²) in [5, 5.41) is 23.3. The van der Waals surface area contributed by atoms with Gasteiger partial charge in [-0.25, -0.2) is 0 Å². The second kappa shape index (κ2) is 57.9. The lowest BCUT2D eigenvalue weighted by Gasteiger charge is -2.22. The SMILES string of the molecule is CCCCCC/C=C\C/C=C\CCCCCCCCCC(=O)OCCCCCCCCCCCCCCCCCCCC(=O)NC(CO)C(O)CCCCCCCCCCCCCCCCCC. The zero-order valence-corrected chi connectivity index (χ0v) is 45.9. The molecule has 0 spiro atoms. The molecule has 6 nitrogen and oxygen atoms in total. The molecule has 0 aromatic rings. The summed E-state index contributed by atoms with van der Waals surface area (Å²) in [4.78, 5) is 24.6. The lowest BCUT2D eigenvalue weighted by atomic mass is 10.0. The van der Waals surface area contributed by atoms with E-state index in [2.05, 4.69) is 43.5 Å². The smallest absolute Gasteiger partial charge is 0.305 e. The van der Waals surface area contributed by atoms with Crippen LogP contribution in [0.3, 0.4) is 0 Å². The van der Waals surface area contributed by atoms with Crippen molar-refractivity contribution in [2.75, 3.05) is 13.2 Å². The Morgan fingerprint density at radius 3 is 1.13 bits per heavy atom. The van der Waals surface area contributed by atoms with Gasteiger partial charge in [0, 0.05) is 12.8 Å². The number of rotatable bonds is 57. The van der Waals surface area contributed by atoms with Crippen LogP contribution in [0.4, 0.5) is 0 Å². The van der Waals surface area contributed by atoms with Crippen molar-refractivity contribution < 1.29 is 24.5 Å². The van der Waals surface area contributed by atoms with E-state index in [1.807, 2.05) is 0 Å². The van der Waals surface area contributed by atoms with Gasteiger partial charge in [0.25, 0.3) is 0 Å². The summed E-state index contributed by atoms with van der Waals surface area (Å²) < 4.78 is 5.49. The summed E-state index contributed by atoms with van der Waals surface area (Å²) in [7, 11) is 0. The Hall–Kier alpha value is -1.66. The first-order valence-electron chi connectivity index (χ1n) is 30.6. The number of hydrogen-bond donors (Lipinski definition) is 3. The predicted molar refractivity (Wildman–Crippen MR) is 296 cm³/mol. The first-order chi connectivity index (χ1) is 33.5. The highest BCUT2D eigenvalue weighted by atomic mass is 16.5. The quantitative estimate of drug-likeness (QED) is 0.0321. The molecule has 0 aromatic heterocycles. The largest absolute Gasteiger partial charge is 0.466 e. The van der Waals surface area contributed by atoms with Gasteiger partial charge in [-0.3, -0.25) is 9.59 Å². The molecule has 6 heteroatoms. The molecular formula is C62H119NO5. The Labute approximate surface area is 424 Å². The maximum absolute atomic E-state index is 12.5. The van der Waals surface area contributed by atoms with Crippen LogP contribution in [-0.4, -0.2) is 47.4 Å². The molecule has 0 aliphatic heterocycles. The number of aliphatic hydroxyl groups is 2. The molecule has 402 valence electrons. The molecule has 0 heterocycles. The Bertz CT molecular complexity index is 1060.